The predicted molar refractivity (Wildman–Crippen MR) is 76.4 cm³/mol. The first-order chi connectivity index (χ1) is 10.6. The minimum atomic E-state index is -0.499. The molecule has 2 saturated carbocycles. The smallest absolute Gasteiger partial charge is 0.290 e. The van der Waals surface area contributed by atoms with E-state index in [9.17, 15) is 9.90 Å². The van der Waals surface area contributed by atoms with Crippen molar-refractivity contribution < 1.29 is 14.4 Å². The lowest BCUT2D eigenvalue weighted by molar-refractivity contribution is -0.00635. The number of rotatable bonds is 4. The molecular weight excluding hydrogens is 284 g/mol. The Kier molecular flexibility index (Phi) is 3.04. The predicted octanol–water partition coefficient (Wildman–Crippen LogP) is 1.16. The van der Waals surface area contributed by atoms with Gasteiger partial charge in [0.1, 0.15) is 0 Å². The van der Waals surface area contributed by atoms with Gasteiger partial charge in [-0.1, -0.05) is 5.16 Å². The molecule has 2 N–H and O–H groups in total. The molecule has 0 saturated heterocycles. The van der Waals surface area contributed by atoms with Crippen LogP contribution in [0.2, 0.25) is 0 Å². The Morgan fingerprint density at radius 3 is 2.95 bits per heavy atom. The van der Waals surface area contributed by atoms with E-state index in [4.69, 9.17) is 4.52 Å². The molecule has 7 nitrogen and oxygen atoms in total. The molecule has 0 bridgehead atoms. The summed E-state index contributed by atoms with van der Waals surface area (Å²) >= 11 is 0. The third-order valence-electron chi connectivity index (χ3n) is 4.40. The third-order valence-corrected chi connectivity index (χ3v) is 4.40. The number of aromatic nitrogens is 3. The molecule has 0 aromatic carbocycles. The van der Waals surface area contributed by atoms with Crippen LogP contribution in [0.1, 0.15) is 53.0 Å². The summed E-state index contributed by atoms with van der Waals surface area (Å²) in [7, 11) is 0. The molecule has 7 heteroatoms. The molecule has 0 aliphatic heterocycles. The van der Waals surface area contributed by atoms with Gasteiger partial charge in [0.15, 0.2) is 0 Å². The largest absolute Gasteiger partial charge is 0.391 e. The Balaban J connectivity index is 1.44. The van der Waals surface area contributed by atoms with Gasteiger partial charge in [0.05, 0.1) is 30.1 Å². The van der Waals surface area contributed by atoms with Crippen LogP contribution in [0.3, 0.4) is 0 Å². The van der Waals surface area contributed by atoms with Gasteiger partial charge in [-0.15, -0.1) is 0 Å². The molecule has 2 aliphatic rings. The fourth-order valence-corrected chi connectivity index (χ4v) is 2.92. The number of carbonyl (C=O) groups excluding carboxylic acids is 1. The van der Waals surface area contributed by atoms with E-state index >= 15 is 0 Å². The van der Waals surface area contributed by atoms with Crippen LogP contribution in [0.15, 0.2) is 23.0 Å². The molecule has 0 spiro atoms. The molecule has 0 unspecified atom stereocenters. The van der Waals surface area contributed by atoms with E-state index in [-0.39, 0.29) is 23.8 Å². The zero-order valence-corrected chi connectivity index (χ0v) is 12.3. The third kappa shape index (κ3) is 2.31. The summed E-state index contributed by atoms with van der Waals surface area (Å²) in [5, 5.41) is 21.0. The molecule has 4 rings (SSSR count). The first kappa shape index (κ1) is 13.5. The number of aryl methyl sites for hydroxylation is 1. The molecule has 2 aromatic heterocycles. The molecular formula is C15H18N4O3. The van der Waals surface area contributed by atoms with Crippen LogP contribution >= 0.6 is 0 Å². The number of aliphatic hydroxyl groups is 1. The molecule has 2 fully saturated rings. The molecule has 2 heterocycles. The molecule has 116 valence electrons. The number of nitrogens with zero attached hydrogens (tertiary/aromatic N) is 3. The normalized spacial score (nSPS) is 27.5. The minimum Gasteiger partial charge on any atom is -0.391 e. The van der Waals surface area contributed by atoms with Gasteiger partial charge in [-0.2, -0.15) is 5.10 Å². The second kappa shape index (κ2) is 4.95. The van der Waals surface area contributed by atoms with Gasteiger partial charge in [0, 0.05) is 18.2 Å². The molecule has 2 aromatic rings. The maximum atomic E-state index is 12.2. The number of hydrogen-bond donors (Lipinski definition) is 2. The van der Waals surface area contributed by atoms with Gasteiger partial charge in [0.25, 0.3) is 5.91 Å². The van der Waals surface area contributed by atoms with E-state index in [0.29, 0.717) is 12.3 Å². The fourth-order valence-electron chi connectivity index (χ4n) is 2.92. The van der Waals surface area contributed by atoms with Gasteiger partial charge >= 0.3 is 0 Å². The van der Waals surface area contributed by atoms with Crippen molar-refractivity contribution in [2.24, 2.45) is 0 Å². The summed E-state index contributed by atoms with van der Waals surface area (Å²) in [6, 6.07) is 1.33. The summed E-state index contributed by atoms with van der Waals surface area (Å²) in [6.45, 7) is 1.94. The van der Waals surface area contributed by atoms with Crippen molar-refractivity contribution in [2.75, 3.05) is 0 Å². The standard InChI is InChI=1S/C15H18N4O3/c1-8-6-16-19(7-8)14-11(4-12(14)20)17-15(21)13-5-10(18-22-13)9-2-3-9/h5-7,9,11-12,14,20H,2-4H2,1H3,(H,17,21)/t11-,12+,14+/m0/s1. The van der Waals surface area contributed by atoms with Crippen molar-refractivity contribution in [2.45, 2.75) is 50.3 Å². The molecule has 2 aliphatic carbocycles. The van der Waals surface area contributed by atoms with Gasteiger partial charge < -0.3 is 14.9 Å². The van der Waals surface area contributed by atoms with E-state index in [0.717, 1.165) is 24.1 Å². The number of hydrogen-bond acceptors (Lipinski definition) is 5. The number of amides is 1. The van der Waals surface area contributed by atoms with E-state index in [1.165, 1.54) is 0 Å². The topological polar surface area (TPSA) is 93.2 Å². The van der Waals surface area contributed by atoms with Crippen LogP contribution < -0.4 is 5.32 Å². The van der Waals surface area contributed by atoms with Crippen LogP contribution in [-0.4, -0.2) is 38.1 Å². The van der Waals surface area contributed by atoms with Gasteiger partial charge in [-0.05, 0) is 31.7 Å². The van der Waals surface area contributed by atoms with Crippen LogP contribution in [0, 0.1) is 6.92 Å². The van der Waals surface area contributed by atoms with Crippen LogP contribution in [-0.2, 0) is 0 Å². The maximum Gasteiger partial charge on any atom is 0.290 e. The van der Waals surface area contributed by atoms with E-state index in [1.54, 1.807) is 16.9 Å². The average Bonchev–Trinajstić information content (AvgIpc) is 3.06. The van der Waals surface area contributed by atoms with E-state index in [2.05, 4.69) is 15.6 Å². The van der Waals surface area contributed by atoms with E-state index in [1.807, 2.05) is 13.1 Å². The molecule has 0 radical (unpaired) electrons. The monoisotopic (exact) mass is 302 g/mol. The van der Waals surface area contributed by atoms with Gasteiger partial charge in [-0.25, -0.2) is 0 Å². The average molecular weight is 302 g/mol. The highest BCUT2D eigenvalue weighted by atomic mass is 16.5. The second-order valence-corrected chi connectivity index (χ2v) is 6.26. The van der Waals surface area contributed by atoms with Crippen molar-refractivity contribution in [3.8, 4) is 0 Å². The lowest BCUT2D eigenvalue weighted by Crippen LogP contribution is -2.56. The highest BCUT2D eigenvalue weighted by Gasteiger charge is 2.43. The highest BCUT2D eigenvalue weighted by Crippen LogP contribution is 2.39. The summed E-state index contributed by atoms with van der Waals surface area (Å²) in [6.07, 6.45) is 5.85. The Morgan fingerprint density at radius 1 is 1.50 bits per heavy atom. The molecule has 22 heavy (non-hydrogen) atoms. The van der Waals surface area contributed by atoms with Crippen molar-refractivity contribution in [1.29, 1.82) is 0 Å². The SMILES string of the molecule is Cc1cnn([C@H]2[C@H](O)C[C@@H]2NC(=O)c2cc(C3CC3)no2)c1. The summed E-state index contributed by atoms with van der Waals surface area (Å²) < 4.78 is 6.83. The summed E-state index contributed by atoms with van der Waals surface area (Å²) in [5.41, 5.74) is 1.88. The zero-order valence-electron chi connectivity index (χ0n) is 12.3. The first-order valence-corrected chi connectivity index (χ1v) is 7.58. The van der Waals surface area contributed by atoms with Crippen LogP contribution in [0.25, 0.3) is 0 Å². The van der Waals surface area contributed by atoms with Gasteiger partial charge in [-0.3, -0.25) is 9.48 Å². The first-order valence-electron chi connectivity index (χ1n) is 7.58. The summed E-state index contributed by atoms with van der Waals surface area (Å²) in [4.78, 5) is 12.2. The Bertz CT molecular complexity index is 703. The Hall–Kier alpha value is -2.15. The summed E-state index contributed by atoms with van der Waals surface area (Å²) in [5.74, 6) is 0.402. The minimum absolute atomic E-state index is 0.156. The number of carbonyl (C=O) groups is 1. The maximum absolute atomic E-state index is 12.2. The Labute approximate surface area is 127 Å². The second-order valence-electron chi connectivity index (χ2n) is 6.26. The van der Waals surface area contributed by atoms with Crippen molar-refractivity contribution in [1.82, 2.24) is 20.3 Å². The number of aliphatic hydroxyl groups excluding tert-OH is 1. The Morgan fingerprint density at radius 2 is 2.32 bits per heavy atom. The van der Waals surface area contributed by atoms with Crippen LogP contribution in [0.5, 0.6) is 0 Å². The lowest BCUT2D eigenvalue weighted by Gasteiger charge is -2.41. The van der Waals surface area contributed by atoms with Gasteiger partial charge in [0.2, 0.25) is 5.76 Å². The zero-order chi connectivity index (χ0) is 15.3. The van der Waals surface area contributed by atoms with Crippen molar-refractivity contribution >= 4 is 5.91 Å². The molecule has 3 atom stereocenters. The number of nitrogens with one attached hydrogen (secondary N) is 1. The molecule has 1 amide bonds. The van der Waals surface area contributed by atoms with Crippen molar-refractivity contribution in [3.05, 3.63) is 35.5 Å². The fraction of sp³-hybridized carbons (Fsp3) is 0.533. The van der Waals surface area contributed by atoms with Crippen molar-refractivity contribution in [3.63, 3.8) is 0 Å². The van der Waals surface area contributed by atoms with E-state index < -0.39 is 6.10 Å². The van der Waals surface area contributed by atoms with Crippen LogP contribution in [0.4, 0.5) is 0 Å². The lowest BCUT2D eigenvalue weighted by atomic mass is 9.83. The quantitative estimate of drug-likeness (QED) is 0.884. The highest BCUT2D eigenvalue weighted by molar-refractivity contribution is 5.91.